The Kier molecular flexibility index (Phi) is 11.0. The van der Waals surface area contributed by atoms with Crippen LogP contribution < -0.4 is 10.6 Å². The molecule has 1 aromatic heterocycles. The highest BCUT2D eigenvalue weighted by atomic mass is 79.9. The molecule has 1 fully saturated rings. The molecule has 2 heterocycles. The summed E-state index contributed by atoms with van der Waals surface area (Å²) in [5, 5.41) is 22.3. The lowest BCUT2D eigenvalue weighted by Gasteiger charge is -2.40. The van der Waals surface area contributed by atoms with E-state index in [1.807, 2.05) is 24.3 Å². The number of piperidine rings is 1. The van der Waals surface area contributed by atoms with Gasteiger partial charge in [0.05, 0.1) is 10.4 Å². The van der Waals surface area contributed by atoms with Gasteiger partial charge in [-0.2, -0.15) is 0 Å². The molecule has 11 heteroatoms. The number of benzene rings is 2. The van der Waals surface area contributed by atoms with E-state index in [-0.39, 0.29) is 36.2 Å². The quantitative estimate of drug-likeness (QED) is 0.260. The summed E-state index contributed by atoms with van der Waals surface area (Å²) in [5.41, 5.74) is 1.08. The first kappa shape index (κ1) is 31.2. The van der Waals surface area contributed by atoms with Crippen molar-refractivity contribution in [1.82, 2.24) is 15.8 Å². The number of carbonyl (C=O) groups is 1. The molecule has 4 rings (SSSR count). The van der Waals surface area contributed by atoms with Crippen LogP contribution in [-0.2, 0) is 15.1 Å². The fraction of sp³-hybridized carbons (Fsp3) is 0.429. The van der Waals surface area contributed by atoms with Crippen LogP contribution in [0.2, 0.25) is 0 Å². The van der Waals surface area contributed by atoms with Gasteiger partial charge in [-0.25, -0.2) is 8.78 Å². The van der Waals surface area contributed by atoms with Gasteiger partial charge in [-0.3, -0.25) is 4.79 Å². The molecule has 212 valence electrons. The standard InChI is InChI=1S/C28H32BrF2N3O4.ClH/c1-17(35)33-15-18(6-5-13-37-2)20-7-3-4-8-21(20)27-25(29)26(34-38-27)22-16-32-12-11-28(22,36)19-9-10-23(30)24(31)14-19;/h3-4,7-10,14,18,22,32,36H,5-6,11-13,15-16H2,1-2H3,(H,33,35);1H/t18-,22+,28-;/m0./s1. The van der Waals surface area contributed by atoms with Crippen LogP contribution in [0, 0.1) is 11.6 Å². The van der Waals surface area contributed by atoms with E-state index < -0.39 is 23.2 Å². The number of halogens is 4. The maximum absolute atomic E-state index is 14.1. The van der Waals surface area contributed by atoms with Crippen LogP contribution in [0.3, 0.4) is 0 Å². The highest BCUT2D eigenvalue weighted by Gasteiger charge is 2.45. The molecule has 1 aliphatic rings. The maximum Gasteiger partial charge on any atom is 0.216 e. The number of aromatic nitrogens is 1. The van der Waals surface area contributed by atoms with Gasteiger partial charge in [-0.15, -0.1) is 12.4 Å². The summed E-state index contributed by atoms with van der Waals surface area (Å²) in [6, 6.07) is 11.3. The summed E-state index contributed by atoms with van der Waals surface area (Å²) in [4.78, 5) is 11.7. The van der Waals surface area contributed by atoms with Crippen molar-refractivity contribution in [2.75, 3.05) is 33.4 Å². The third-order valence-electron chi connectivity index (χ3n) is 7.16. The second kappa shape index (κ2) is 13.8. The number of nitrogens with one attached hydrogen (secondary N) is 2. The Hall–Kier alpha value is -2.37. The van der Waals surface area contributed by atoms with Crippen LogP contribution in [0.15, 0.2) is 51.5 Å². The zero-order valence-electron chi connectivity index (χ0n) is 21.8. The number of ether oxygens (including phenoxy) is 1. The topological polar surface area (TPSA) is 96.6 Å². The molecule has 1 aliphatic heterocycles. The van der Waals surface area contributed by atoms with Crippen molar-refractivity contribution in [2.45, 2.75) is 43.6 Å². The fourth-order valence-electron chi connectivity index (χ4n) is 5.15. The van der Waals surface area contributed by atoms with Crippen LogP contribution in [-0.4, -0.2) is 49.5 Å². The predicted octanol–water partition coefficient (Wildman–Crippen LogP) is 5.42. The second-order valence-electron chi connectivity index (χ2n) is 9.63. The Morgan fingerprint density at radius 1 is 1.31 bits per heavy atom. The molecule has 39 heavy (non-hydrogen) atoms. The third-order valence-corrected chi connectivity index (χ3v) is 7.93. The molecule has 3 aromatic rings. The number of rotatable bonds is 10. The minimum absolute atomic E-state index is 0. The average Bonchev–Trinajstić information content (AvgIpc) is 3.28. The summed E-state index contributed by atoms with van der Waals surface area (Å²) in [6.45, 7) is 3.42. The minimum atomic E-state index is -1.48. The van der Waals surface area contributed by atoms with E-state index in [0.717, 1.165) is 36.1 Å². The van der Waals surface area contributed by atoms with Gasteiger partial charge in [0.25, 0.3) is 0 Å². The molecule has 0 radical (unpaired) electrons. The summed E-state index contributed by atoms with van der Waals surface area (Å²) < 4.78 is 39.4. The molecule has 3 N–H and O–H groups in total. The van der Waals surface area contributed by atoms with Gasteiger partial charge in [0.2, 0.25) is 5.91 Å². The molecule has 0 aliphatic carbocycles. The summed E-state index contributed by atoms with van der Waals surface area (Å²) >= 11 is 3.66. The number of aliphatic hydroxyl groups is 1. The number of amides is 1. The van der Waals surface area contributed by atoms with Gasteiger partial charge < -0.3 is 25.0 Å². The SMILES string of the molecule is COCCC[C@@H](CNC(C)=O)c1ccccc1-c1onc([C@H]2CNCC[C@]2(O)c2ccc(F)c(F)c2)c1Br.Cl. The smallest absolute Gasteiger partial charge is 0.216 e. The lowest BCUT2D eigenvalue weighted by molar-refractivity contribution is -0.119. The van der Waals surface area contributed by atoms with Gasteiger partial charge in [0, 0.05) is 45.2 Å². The van der Waals surface area contributed by atoms with E-state index in [0.29, 0.717) is 42.2 Å². The number of methoxy groups -OCH3 is 1. The van der Waals surface area contributed by atoms with Crippen LogP contribution in [0.5, 0.6) is 0 Å². The van der Waals surface area contributed by atoms with Crippen LogP contribution >= 0.6 is 28.3 Å². The molecular formula is C28H33BrClF2N3O4. The predicted molar refractivity (Wildman–Crippen MR) is 150 cm³/mol. The molecule has 0 saturated carbocycles. The summed E-state index contributed by atoms with van der Waals surface area (Å²) in [7, 11) is 1.66. The molecule has 0 unspecified atom stereocenters. The highest BCUT2D eigenvalue weighted by Crippen LogP contribution is 2.46. The molecule has 0 spiro atoms. The van der Waals surface area contributed by atoms with E-state index in [1.54, 1.807) is 7.11 Å². The van der Waals surface area contributed by atoms with Gasteiger partial charge in [0.15, 0.2) is 17.4 Å². The Morgan fingerprint density at radius 3 is 2.79 bits per heavy atom. The summed E-state index contributed by atoms with van der Waals surface area (Å²) in [6.07, 6.45) is 1.88. The van der Waals surface area contributed by atoms with Crippen LogP contribution in [0.25, 0.3) is 11.3 Å². The normalized spacial score (nSPS) is 19.8. The third kappa shape index (κ3) is 6.86. The number of hydrogen-bond donors (Lipinski definition) is 3. The van der Waals surface area contributed by atoms with Crippen molar-refractivity contribution >= 4 is 34.2 Å². The zero-order chi connectivity index (χ0) is 27.3. The van der Waals surface area contributed by atoms with Gasteiger partial charge in [-0.1, -0.05) is 35.5 Å². The molecule has 1 amide bonds. The molecular weight excluding hydrogens is 596 g/mol. The van der Waals surface area contributed by atoms with E-state index in [1.165, 1.54) is 13.0 Å². The van der Waals surface area contributed by atoms with Crippen LogP contribution in [0.4, 0.5) is 8.78 Å². The second-order valence-corrected chi connectivity index (χ2v) is 10.4. The first-order valence-corrected chi connectivity index (χ1v) is 13.4. The largest absolute Gasteiger partial charge is 0.385 e. The van der Waals surface area contributed by atoms with Crippen molar-refractivity contribution in [1.29, 1.82) is 0 Å². The number of carbonyl (C=O) groups excluding carboxylic acids is 1. The Morgan fingerprint density at radius 2 is 2.08 bits per heavy atom. The monoisotopic (exact) mass is 627 g/mol. The van der Waals surface area contributed by atoms with Gasteiger partial charge >= 0.3 is 0 Å². The Labute approximate surface area is 241 Å². The first-order valence-electron chi connectivity index (χ1n) is 12.6. The summed E-state index contributed by atoms with van der Waals surface area (Å²) in [5.74, 6) is -2.18. The highest BCUT2D eigenvalue weighted by molar-refractivity contribution is 9.10. The maximum atomic E-state index is 14.1. The van der Waals surface area contributed by atoms with E-state index >= 15 is 0 Å². The lowest BCUT2D eigenvalue weighted by atomic mass is 9.75. The van der Waals surface area contributed by atoms with E-state index in [9.17, 15) is 18.7 Å². The van der Waals surface area contributed by atoms with E-state index in [4.69, 9.17) is 9.26 Å². The molecule has 3 atom stereocenters. The van der Waals surface area contributed by atoms with Crippen molar-refractivity contribution in [3.63, 3.8) is 0 Å². The number of hydrogen-bond acceptors (Lipinski definition) is 6. The average molecular weight is 629 g/mol. The minimum Gasteiger partial charge on any atom is -0.385 e. The van der Waals surface area contributed by atoms with Gasteiger partial charge in [0.1, 0.15) is 11.3 Å². The Bertz CT molecular complexity index is 1280. The van der Waals surface area contributed by atoms with E-state index in [2.05, 4.69) is 31.7 Å². The zero-order valence-corrected chi connectivity index (χ0v) is 24.2. The molecule has 2 aromatic carbocycles. The van der Waals surface area contributed by atoms with Gasteiger partial charge in [-0.05, 0) is 65.0 Å². The fourth-order valence-corrected chi connectivity index (χ4v) is 5.78. The molecule has 1 saturated heterocycles. The number of nitrogens with zero attached hydrogens (tertiary/aromatic N) is 1. The molecule has 7 nitrogen and oxygen atoms in total. The van der Waals surface area contributed by atoms with Crippen molar-refractivity contribution < 1.29 is 27.9 Å². The van der Waals surface area contributed by atoms with Crippen molar-refractivity contribution in [2.24, 2.45) is 0 Å². The first-order chi connectivity index (χ1) is 18.3. The van der Waals surface area contributed by atoms with Crippen molar-refractivity contribution in [3.05, 3.63) is 75.4 Å². The van der Waals surface area contributed by atoms with Crippen LogP contribution in [0.1, 0.15) is 54.8 Å². The molecule has 0 bridgehead atoms. The van der Waals surface area contributed by atoms with Crippen molar-refractivity contribution in [3.8, 4) is 11.3 Å². The Balaban J connectivity index is 0.00000420. The lowest BCUT2D eigenvalue weighted by Crippen LogP contribution is -2.47.